The van der Waals surface area contributed by atoms with Crippen LogP contribution in [0.3, 0.4) is 0 Å². The third-order valence-corrected chi connectivity index (χ3v) is 3.93. The lowest BCUT2D eigenvalue weighted by Gasteiger charge is -2.02. The molecule has 0 aliphatic carbocycles. The predicted octanol–water partition coefficient (Wildman–Crippen LogP) is 1.37. The molecule has 3 aromatic rings. The van der Waals surface area contributed by atoms with Crippen LogP contribution in [0.2, 0.25) is 0 Å². The first-order valence-corrected chi connectivity index (χ1v) is 7.42. The SMILES string of the molecule is CCc1nnc(COC(=O)c2cnc3scc(C)n3c2=O)o1. The largest absolute Gasteiger partial charge is 0.452 e. The summed E-state index contributed by atoms with van der Waals surface area (Å²) in [5.74, 6) is -0.122. The van der Waals surface area contributed by atoms with Crippen LogP contribution >= 0.6 is 11.3 Å². The van der Waals surface area contributed by atoms with Crippen molar-refractivity contribution in [2.45, 2.75) is 26.9 Å². The van der Waals surface area contributed by atoms with E-state index in [-0.39, 0.29) is 18.1 Å². The average molecular weight is 320 g/mol. The molecular formula is C13H12N4O4S. The molecule has 22 heavy (non-hydrogen) atoms. The lowest BCUT2D eigenvalue weighted by Crippen LogP contribution is -2.24. The Hall–Kier alpha value is -2.55. The van der Waals surface area contributed by atoms with Gasteiger partial charge in [0.25, 0.3) is 11.4 Å². The first-order valence-electron chi connectivity index (χ1n) is 6.54. The van der Waals surface area contributed by atoms with Crippen LogP contribution in [-0.4, -0.2) is 25.6 Å². The van der Waals surface area contributed by atoms with Crippen molar-refractivity contribution < 1.29 is 13.9 Å². The predicted molar refractivity (Wildman–Crippen MR) is 76.9 cm³/mol. The summed E-state index contributed by atoms with van der Waals surface area (Å²) in [6.45, 7) is 3.46. The van der Waals surface area contributed by atoms with E-state index in [1.807, 2.05) is 6.92 Å². The first kappa shape index (κ1) is 14.4. The standard InChI is InChI=1S/C13H12N4O4S/c1-3-9-15-16-10(21-9)5-20-12(19)8-4-14-13-17(11(8)18)7(2)6-22-13/h4,6H,3,5H2,1-2H3. The highest BCUT2D eigenvalue weighted by Crippen LogP contribution is 2.11. The van der Waals surface area contributed by atoms with Crippen LogP contribution in [0.5, 0.6) is 0 Å². The molecule has 3 rings (SSSR count). The van der Waals surface area contributed by atoms with E-state index < -0.39 is 11.5 Å². The second-order valence-corrected chi connectivity index (χ2v) is 5.33. The molecular weight excluding hydrogens is 308 g/mol. The number of esters is 1. The van der Waals surface area contributed by atoms with Crippen molar-refractivity contribution in [3.8, 4) is 0 Å². The number of thiazole rings is 1. The molecule has 0 aliphatic heterocycles. The van der Waals surface area contributed by atoms with Crippen LogP contribution in [0.15, 0.2) is 20.8 Å². The number of carbonyl (C=O) groups excluding carboxylic acids is 1. The molecule has 9 heteroatoms. The molecule has 0 atom stereocenters. The quantitative estimate of drug-likeness (QED) is 0.669. The van der Waals surface area contributed by atoms with Crippen molar-refractivity contribution in [1.82, 2.24) is 19.6 Å². The Morgan fingerprint density at radius 3 is 2.91 bits per heavy atom. The van der Waals surface area contributed by atoms with E-state index in [1.54, 1.807) is 12.3 Å². The maximum absolute atomic E-state index is 12.3. The van der Waals surface area contributed by atoms with Gasteiger partial charge in [-0.1, -0.05) is 6.92 Å². The van der Waals surface area contributed by atoms with Crippen molar-refractivity contribution in [2.75, 3.05) is 0 Å². The number of hydrogen-bond acceptors (Lipinski definition) is 8. The maximum Gasteiger partial charge on any atom is 0.345 e. The zero-order valence-electron chi connectivity index (χ0n) is 11.9. The van der Waals surface area contributed by atoms with Gasteiger partial charge >= 0.3 is 5.97 Å². The lowest BCUT2D eigenvalue weighted by atomic mass is 10.3. The molecule has 0 saturated carbocycles. The zero-order chi connectivity index (χ0) is 15.7. The van der Waals surface area contributed by atoms with E-state index in [1.165, 1.54) is 21.9 Å². The van der Waals surface area contributed by atoms with Gasteiger partial charge in [-0.2, -0.15) is 0 Å². The molecule has 0 amide bonds. The van der Waals surface area contributed by atoms with Gasteiger partial charge in [0.2, 0.25) is 5.89 Å². The van der Waals surface area contributed by atoms with Crippen molar-refractivity contribution in [2.24, 2.45) is 0 Å². The maximum atomic E-state index is 12.3. The van der Waals surface area contributed by atoms with Crippen LogP contribution < -0.4 is 5.56 Å². The summed E-state index contributed by atoms with van der Waals surface area (Å²) in [5, 5.41) is 9.30. The summed E-state index contributed by atoms with van der Waals surface area (Å²) in [7, 11) is 0. The minimum Gasteiger partial charge on any atom is -0.452 e. The van der Waals surface area contributed by atoms with E-state index >= 15 is 0 Å². The second-order valence-electron chi connectivity index (χ2n) is 4.49. The monoisotopic (exact) mass is 320 g/mol. The number of hydrogen-bond donors (Lipinski definition) is 0. The highest BCUT2D eigenvalue weighted by Gasteiger charge is 2.17. The molecule has 3 heterocycles. The van der Waals surface area contributed by atoms with Crippen molar-refractivity contribution >= 4 is 22.3 Å². The fraction of sp³-hybridized carbons (Fsp3) is 0.308. The Balaban J connectivity index is 1.81. The van der Waals surface area contributed by atoms with E-state index in [0.29, 0.717) is 17.3 Å². The number of ether oxygens (including phenoxy) is 1. The Bertz CT molecular complexity index is 895. The number of rotatable bonds is 4. The molecule has 8 nitrogen and oxygen atoms in total. The molecule has 0 aromatic carbocycles. The summed E-state index contributed by atoms with van der Waals surface area (Å²) in [5.41, 5.74) is 0.138. The number of carbonyl (C=O) groups is 1. The van der Waals surface area contributed by atoms with Gasteiger partial charge in [0.1, 0.15) is 5.56 Å². The van der Waals surface area contributed by atoms with Crippen LogP contribution in [0.1, 0.15) is 34.8 Å². The van der Waals surface area contributed by atoms with Crippen molar-refractivity contribution in [3.63, 3.8) is 0 Å². The van der Waals surface area contributed by atoms with Crippen LogP contribution in [0.4, 0.5) is 0 Å². The third kappa shape index (κ3) is 2.50. The molecule has 0 aliphatic rings. The molecule has 0 radical (unpaired) electrons. The van der Waals surface area contributed by atoms with Gasteiger partial charge in [-0.3, -0.25) is 9.20 Å². The Morgan fingerprint density at radius 1 is 1.41 bits per heavy atom. The topological polar surface area (TPSA) is 99.6 Å². The normalized spacial score (nSPS) is 11.0. The molecule has 0 fully saturated rings. The van der Waals surface area contributed by atoms with E-state index in [9.17, 15) is 9.59 Å². The summed E-state index contributed by atoms with van der Waals surface area (Å²) >= 11 is 1.33. The summed E-state index contributed by atoms with van der Waals surface area (Å²) in [6, 6.07) is 0. The highest BCUT2D eigenvalue weighted by molar-refractivity contribution is 7.15. The Labute approximate surface area is 128 Å². The van der Waals surface area contributed by atoms with Gasteiger partial charge in [0, 0.05) is 17.5 Å². The first-order chi connectivity index (χ1) is 10.6. The highest BCUT2D eigenvalue weighted by atomic mass is 32.1. The zero-order valence-corrected chi connectivity index (χ0v) is 12.7. The molecule has 0 bridgehead atoms. The fourth-order valence-electron chi connectivity index (χ4n) is 1.86. The van der Waals surface area contributed by atoms with Gasteiger partial charge in [-0.15, -0.1) is 21.5 Å². The second kappa shape index (κ2) is 5.68. The summed E-state index contributed by atoms with van der Waals surface area (Å²) in [6.07, 6.45) is 1.82. The van der Waals surface area contributed by atoms with E-state index in [2.05, 4.69) is 15.2 Å². The minimum atomic E-state index is -0.770. The number of aryl methyl sites for hydroxylation is 2. The number of nitrogens with zero attached hydrogens (tertiary/aromatic N) is 4. The van der Waals surface area contributed by atoms with Crippen LogP contribution in [-0.2, 0) is 17.8 Å². The molecule has 0 saturated heterocycles. The smallest absolute Gasteiger partial charge is 0.345 e. The Morgan fingerprint density at radius 2 is 2.18 bits per heavy atom. The molecule has 114 valence electrons. The van der Waals surface area contributed by atoms with Gasteiger partial charge in [0.05, 0.1) is 6.20 Å². The molecule has 3 aromatic heterocycles. The van der Waals surface area contributed by atoms with Crippen LogP contribution in [0.25, 0.3) is 4.96 Å². The molecule has 0 spiro atoms. The van der Waals surface area contributed by atoms with Crippen LogP contribution in [0, 0.1) is 6.92 Å². The van der Waals surface area contributed by atoms with Gasteiger partial charge in [0.15, 0.2) is 11.6 Å². The van der Waals surface area contributed by atoms with Crippen molar-refractivity contribution in [3.05, 3.63) is 45.0 Å². The fourth-order valence-corrected chi connectivity index (χ4v) is 2.69. The summed E-state index contributed by atoms with van der Waals surface area (Å²) in [4.78, 5) is 28.9. The number of aromatic nitrogens is 4. The molecule has 0 unspecified atom stereocenters. The molecule has 0 N–H and O–H groups in total. The van der Waals surface area contributed by atoms with Gasteiger partial charge in [-0.05, 0) is 6.92 Å². The number of fused-ring (bicyclic) bond motifs is 1. The van der Waals surface area contributed by atoms with E-state index in [4.69, 9.17) is 9.15 Å². The van der Waals surface area contributed by atoms with Gasteiger partial charge in [-0.25, -0.2) is 9.78 Å². The lowest BCUT2D eigenvalue weighted by molar-refractivity contribution is 0.0433. The summed E-state index contributed by atoms with van der Waals surface area (Å²) < 4.78 is 11.6. The average Bonchev–Trinajstić information content (AvgIpc) is 3.12. The van der Waals surface area contributed by atoms with Gasteiger partial charge < -0.3 is 9.15 Å². The van der Waals surface area contributed by atoms with Crippen molar-refractivity contribution in [1.29, 1.82) is 0 Å². The Kier molecular flexibility index (Phi) is 3.72. The van der Waals surface area contributed by atoms with E-state index in [0.717, 1.165) is 5.69 Å². The third-order valence-electron chi connectivity index (χ3n) is 2.97. The minimum absolute atomic E-state index is 0.130.